The van der Waals surface area contributed by atoms with Crippen molar-refractivity contribution in [2.24, 2.45) is 5.92 Å². The Kier molecular flexibility index (Phi) is 4.82. The Balaban J connectivity index is 1.13. The van der Waals surface area contributed by atoms with E-state index in [1.54, 1.807) is 0 Å². The Bertz CT molecular complexity index is 794. The number of carbonyl (C=O) groups is 2. The lowest BCUT2D eigenvalue weighted by Crippen LogP contribution is -2.70. The van der Waals surface area contributed by atoms with Crippen LogP contribution in [0.3, 0.4) is 0 Å². The van der Waals surface area contributed by atoms with Gasteiger partial charge >= 0.3 is 12.2 Å². The number of halogens is 3. The molecule has 1 aromatic carbocycles. The first-order valence-corrected chi connectivity index (χ1v) is 8.96. The lowest BCUT2D eigenvalue weighted by atomic mass is 9.83. The van der Waals surface area contributed by atoms with Crippen molar-refractivity contribution in [1.82, 2.24) is 10.2 Å². The minimum absolute atomic E-state index is 0.0455. The van der Waals surface area contributed by atoms with Crippen molar-refractivity contribution in [1.29, 1.82) is 0 Å². The van der Waals surface area contributed by atoms with Crippen LogP contribution in [0.25, 0.3) is 0 Å². The average molecular weight is 400 g/mol. The molecule has 2 amide bonds. The molecule has 1 aliphatic carbocycles. The normalized spacial score (nSPS) is 25.0. The summed E-state index contributed by atoms with van der Waals surface area (Å²) in [4.78, 5) is 24.7. The molecule has 0 radical (unpaired) electrons. The zero-order valence-electron chi connectivity index (χ0n) is 14.9. The number of carbonyl (C=O) groups excluding carboxylic acids is 2. The summed E-state index contributed by atoms with van der Waals surface area (Å²) in [5, 5.41) is 2.69. The maximum Gasteiger partial charge on any atom is 0.410 e. The number of likely N-dealkylation sites (tertiary alicyclic amines) is 1. The fourth-order valence-electron chi connectivity index (χ4n) is 3.61. The highest BCUT2D eigenvalue weighted by atomic mass is 19.2. The van der Waals surface area contributed by atoms with E-state index in [4.69, 9.17) is 14.2 Å². The van der Waals surface area contributed by atoms with Crippen molar-refractivity contribution in [2.75, 3.05) is 26.3 Å². The largest absolute Gasteiger partial charge is 0.447 e. The summed E-state index contributed by atoms with van der Waals surface area (Å²) >= 11 is 0. The van der Waals surface area contributed by atoms with Gasteiger partial charge in [-0.3, -0.25) is 0 Å². The third kappa shape index (κ3) is 3.60. The van der Waals surface area contributed by atoms with Crippen LogP contribution < -0.4 is 5.32 Å². The molecule has 0 bridgehead atoms. The lowest BCUT2D eigenvalue weighted by Gasteiger charge is -2.46. The average Bonchev–Trinajstić information content (AvgIpc) is 3.00. The molecular weight excluding hydrogens is 381 g/mol. The number of ether oxygens (including phenoxy) is 3. The van der Waals surface area contributed by atoms with Gasteiger partial charge in [0, 0.05) is 5.56 Å². The van der Waals surface area contributed by atoms with Crippen molar-refractivity contribution < 1.29 is 37.0 Å². The minimum atomic E-state index is -1.51. The van der Waals surface area contributed by atoms with Crippen molar-refractivity contribution in [3.63, 3.8) is 0 Å². The predicted octanol–water partition coefficient (Wildman–Crippen LogP) is 2.33. The summed E-state index contributed by atoms with van der Waals surface area (Å²) in [7, 11) is 0. The smallest absolute Gasteiger partial charge is 0.410 e. The van der Waals surface area contributed by atoms with Gasteiger partial charge in [0.15, 0.2) is 17.5 Å². The van der Waals surface area contributed by atoms with Crippen molar-refractivity contribution in [3.8, 4) is 0 Å². The number of hydrogen-bond donors (Lipinski definition) is 1. The van der Waals surface area contributed by atoms with E-state index in [1.807, 2.05) is 0 Å². The number of nitrogens with one attached hydrogen (secondary N) is 1. The lowest BCUT2D eigenvalue weighted by molar-refractivity contribution is -0.0492. The molecule has 152 valence electrons. The van der Waals surface area contributed by atoms with E-state index in [9.17, 15) is 22.8 Å². The molecule has 2 heterocycles. The van der Waals surface area contributed by atoms with Crippen LogP contribution in [0.4, 0.5) is 22.8 Å². The van der Waals surface area contributed by atoms with Crippen molar-refractivity contribution in [3.05, 3.63) is 35.1 Å². The highest BCUT2D eigenvalue weighted by molar-refractivity contribution is 5.74. The third-order valence-corrected chi connectivity index (χ3v) is 5.28. The molecule has 0 atom stereocenters. The maximum absolute atomic E-state index is 13.5. The van der Waals surface area contributed by atoms with Gasteiger partial charge in [-0.2, -0.15) is 0 Å². The fraction of sp³-hybridized carbons (Fsp3) is 0.556. The van der Waals surface area contributed by atoms with E-state index in [0.29, 0.717) is 32.5 Å². The van der Waals surface area contributed by atoms with Crippen LogP contribution in [-0.4, -0.2) is 55.0 Å². The number of nitrogens with zero attached hydrogens (tertiary/aromatic N) is 1. The third-order valence-electron chi connectivity index (χ3n) is 5.28. The number of rotatable bonds is 5. The molecule has 0 aromatic heterocycles. The van der Waals surface area contributed by atoms with E-state index in [2.05, 4.69) is 5.32 Å². The van der Waals surface area contributed by atoms with E-state index >= 15 is 0 Å². The molecule has 10 heteroatoms. The summed E-state index contributed by atoms with van der Waals surface area (Å²) in [6.45, 7) is 1.11. The maximum atomic E-state index is 13.5. The molecule has 1 saturated carbocycles. The van der Waals surface area contributed by atoms with Crippen LogP contribution in [0, 0.1) is 23.4 Å². The van der Waals surface area contributed by atoms with Crippen molar-refractivity contribution >= 4 is 12.2 Å². The van der Waals surface area contributed by atoms with E-state index in [-0.39, 0.29) is 30.8 Å². The molecule has 28 heavy (non-hydrogen) atoms. The monoisotopic (exact) mass is 400 g/mol. The standard InChI is InChI=1S/C18H19F3N2O5/c19-13-2-1-11(14(20)15(13)21)6-26-5-10-3-12(4-10)28-17(25)23-7-18(8-23)9-27-16(24)22-18/h1-2,10,12H,3-9H2,(H,22,24)/t10-,12+. The second-order valence-corrected chi connectivity index (χ2v) is 7.53. The molecule has 3 fully saturated rings. The van der Waals surface area contributed by atoms with Crippen LogP contribution in [0.1, 0.15) is 18.4 Å². The van der Waals surface area contributed by atoms with E-state index in [1.165, 1.54) is 4.90 Å². The SMILES string of the molecule is O=C1NC2(CO1)CN(C(=O)O[C@H]1C[C@@H](COCc3ccc(F)c(F)c3F)C1)C2. The number of cyclic esters (lactones) is 1. The van der Waals surface area contributed by atoms with Gasteiger partial charge < -0.3 is 24.4 Å². The Morgan fingerprint density at radius 2 is 2.00 bits per heavy atom. The van der Waals surface area contributed by atoms with Gasteiger partial charge in [-0.05, 0) is 24.8 Å². The highest BCUT2D eigenvalue weighted by Crippen LogP contribution is 2.33. The van der Waals surface area contributed by atoms with Gasteiger partial charge in [0.05, 0.1) is 26.3 Å². The first-order chi connectivity index (χ1) is 13.3. The Morgan fingerprint density at radius 1 is 1.25 bits per heavy atom. The zero-order chi connectivity index (χ0) is 19.9. The molecule has 1 aromatic rings. The highest BCUT2D eigenvalue weighted by Gasteiger charge is 2.52. The number of alkyl carbamates (subject to hydrolysis) is 1. The second-order valence-electron chi connectivity index (χ2n) is 7.53. The molecule has 0 unspecified atom stereocenters. The summed E-state index contributed by atoms with van der Waals surface area (Å²) in [6.07, 6.45) is 0.112. The van der Waals surface area contributed by atoms with Gasteiger partial charge in [-0.1, -0.05) is 6.07 Å². The van der Waals surface area contributed by atoms with Gasteiger partial charge in [0.1, 0.15) is 18.2 Å². The van der Waals surface area contributed by atoms with Crippen LogP contribution in [-0.2, 0) is 20.8 Å². The molecule has 2 aliphatic heterocycles. The number of hydrogen-bond acceptors (Lipinski definition) is 5. The molecule has 3 aliphatic rings. The van der Waals surface area contributed by atoms with Crippen LogP contribution in [0.2, 0.25) is 0 Å². The Morgan fingerprint density at radius 3 is 2.68 bits per heavy atom. The van der Waals surface area contributed by atoms with Crippen LogP contribution in [0.5, 0.6) is 0 Å². The quantitative estimate of drug-likeness (QED) is 0.768. The van der Waals surface area contributed by atoms with E-state index in [0.717, 1.165) is 12.1 Å². The second kappa shape index (κ2) is 7.16. The fourth-order valence-corrected chi connectivity index (χ4v) is 3.61. The van der Waals surface area contributed by atoms with Crippen LogP contribution in [0.15, 0.2) is 12.1 Å². The summed E-state index contributed by atoms with van der Waals surface area (Å²) in [5.74, 6) is -3.83. The number of benzene rings is 1. The Hall–Kier alpha value is -2.49. The summed E-state index contributed by atoms with van der Waals surface area (Å²) in [5.41, 5.74) is -0.530. The molecule has 4 rings (SSSR count). The topological polar surface area (TPSA) is 77.1 Å². The van der Waals surface area contributed by atoms with Gasteiger partial charge in [0.2, 0.25) is 0 Å². The molecule has 1 N–H and O–H groups in total. The first kappa shape index (κ1) is 18.9. The molecule has 7 nitrogen and oxygen atoms in total. The van der Waals surface area contributed by atoms with Crippen molar-refractivity contribution in [2.45, 2.75) is 31.1 Å². The Labute approximate surface area is 158 Å². The van der Waals surface area contributed by atoms with E-state index < -0.39 is 35.2 Å². The van der Waals surface area contributed by atoms with Crippen LogP contribution >= 0.6 is 0 Å². The first-order valence-electron chi connectivity index (χ1n) is 8.96. The van der Waals surface area contributed by atoms with Gasteiger partial charge in [0.25, 0.3) is 0 Å². The summed E-state index contributed by atoms with van der Waals surface area (Å²) < 4.78 is 55.2. The zero-order valence-corrected chi connectivity index (χ0v) is 14.9. The molecular formula is C18H19F3N2O5. The minimum Gasteiger partial charge on any atom is -0.447 e. The van der Waals surface area contributed by atoms with Gasteiger partial charge in [-0.15, -0.1) is 0 Å². The number of amides is 2. The summed E-state index contributed by atoms with van der Waals surface area (Å²) in [6, 6.07) is 2.01. The molecule has 2 saturated heterocycles. The predicted molar refractivity (Wildman–Crippen MR) is 87.8 cm³/mol. The molecule has 1 spiro atoms. The van der Waals surface area contributed by atoms with Gasteiger partial charge in [-0.25, -0.2) is 22.8 Å².